The lowest BCUT2D eigenvalue weighted by Crippen LogP contribution is -2.33. The van der Waals surface area contributed by atoms with E-state index < -0.39 is 22.2 Å². The van der Waals surface area contributed by atoms with Crippen molar-refractivity contribution in [3.8, 4) is 0 Å². The van der Waals surface area contributed by atoms with Gasteiger partial charge in [-0.05, 0) is 35.4 Å². The summed E-state index contributed by atoms with van der Waals surface area (Å²) in [7, 11) is -3.70. The number of anilines is 1. The molecule has 0 saturated heterocycles. The Morgan fingerprint density at radius 3 is 2.48 bits per heavy atom. The van der Waals surface area contributed by atoms with Crippen LogP contribution in [0.2, 0.25) is 0 Å². The first-order valence-electron chi connectivity index (χ1n) is 6.61. The van der Waals surface area contributed by atoms with Crippen LogP contribution in [0.4, 0.5) is 5.69 Å². The fourth-order valence-corrected chi connectivity index (χ4v) is 3.85. The third-order valence-electron chi connectivity index (χ3n) is 3.68. The minimum absolute atomic E-state index is 0.133. The zero-order valence-corrected chi connectivity index (χ0v) is 12.0. The first kappa shape index (κ1) is 14.1. The minimum atomic E-state index is -3.70. The van der Waals surface area contributed by atoms with Gasteiger partial charge in [-0.15, -0.1) is 0 Å². The molecule has 1 aliphatic carbocycles. The number of hydrogen-bond acceptors (Lipinski definition) is 4. The van der Waals surface area contributed by atoms with Crippen molar-refractivity contribution in [2.45, 2.75) is 23.5 Å². The Balaban J connectivity index is 1.91. The lowest BCUT2D eigenvalue weighted by Gasteiger charge is -2.18. The molecule has 0 bridgehead atoms. The molecular formula is C15H16N2O3S. The van der Waals surface area contributed by atoms with Crippen LogP contribution in [0.5, 0.6) is 0 Å². The zero-order valence-electron chi connectivity index (χ0n) is 11.2. The lowest BCUT2D eigenvalue weighted by atomic mass is 10.1. The van der Waals surface area contributed by atoms with Gasteiger partial charge in [0.2, 0.25) is 10.0 Å². The molecule has 6 heteroatoms. The average Bonchev–Trinajstić information content (AvgIpc) is 2.75. The molecule has 1 aliphatic rings. The first-order chi connectivity index (χ1) is 9.97. The second-order valence-electron chi connectivity index (χ2n) is 5.14. The second-order valence-corrected chi connectivity index (χ2v) is 6.85. The number of aliphatic hydroxyl groups excluding tert-OH is 1. The predicted molar refractivity (Wildman–Crippen MR) is 80.1 cm³/mol. The van der Waals surface area contributed by atoms with Gasteiger partial charge < -0.3 is 10.8 Å². The van der Waals surface area contributed by atoms with E-state index >= 15 is 0 Å². The molecule has 0 unspecified atom stereocenters. The summed E-state index contributed by atoms with van der Waals surface area (Å²) in [6, 6.07) is 12.8. The number of hydrogen-bond donors (Lipinski definition) is 3. The highest BCUT2D eigenvalue weighted by atomic mass is 32.2. The van der Waals surface area contributed by atoms with Gasteiger partial charge in [-0.2, -0.15) is 0 Å². The number of aliphatic hydroxyl groups is 1. The van der Waals surface area contributed by atoms with Gasteiger partial charge >= 0.3 is 0 Å². The number of nitrogen functional groups attached to an aromatic ring is 1. The average molecular weight is 304 g/mol. The van der Waals surface area contributed by atoms with E-state index in [2.05, 4.69) is 4.72 Å². The van der Waals surface area contributed by atoms with Crippen LogP contribution in [0.15, 0.2) is 53.4 Å². The summed E-state index contributed by atoms with van der Waals surface area (Å²) in [6.45, 7) is 0. The number of benzene rings is 2. The van der Waals surface area contributed by atoms with E-state index in [4.69, 9.17) is 5.73 Å². The summed E-state index contributed by atoms with van der Waals surface area (Å²) in [5, 5.41) is 10.1. The van der Waals surface area contributed by atoms with Gasteiger partial charge in [0, 0.05) is 12.1 Å². The highest BCUT2D eigenvalue weighted by Crippen LogP contribution is 2.32. The van der Waals surface area contributed by atoms with Crippen LogP contribution in [0.3, 0.4) is 0 Å². The van der Waals surface area contributed by atoms with E-state index in [1.807, 2.05) is 24.3 Å². The van der Waals surface area contributed by atoms with Gasteiger partial charge in [-0.3, -0.25) is 0 Å². The molecule has 4 N–H and O–H groups in total. The van der Waals surface area contributed by atoms with Crippen molar-refractivity contribution in [2.75, 3.05) is 5.73 Å². The molecule has 0 radical (unpaired) electrons. The maximum Gasteiger partial charge on any atom is 0.241 e. The molecule has 2 aromatic rings. The Morgan fingerprint density at radius 1 is 1.10 bits per heavy atom. The van der Waals surface area contributed by atoms with Gasteiger partial charge in [-0.1, -0.05) is 24.3 Å². The zero-order chi connectivity index (χ0) is 15.0. The molecule has 0 aliphatic heterocycles. The van der Waals surface area contributed by atoms with E-state index in [-0.39, 0.29) is 4.90 Å². The van der Waals surface area contributed by atoms with Crippen molar-refractivity contribution < 1.29 is 13.5 Å². The van der Waals surface area contributed by atoms with Crippen LogP contribution >= 0.6 is 0 Å². The highest BCUT2D eigenvalue weighted by molar-refractivity contribution is 7.89. The molecule has 0 fully saturated rings. The van der Waals surface area contributed by atoms with Crippen LogP contribution in [0.1, 0.15) is 17.2 Å². The topological polar surface area (TPSA) is 92.4 Å². The van der Waals surface area contributed by atoms with Gasteiger partial charge in [0.15, 0.2) is 0 Å². The SMILES string of the molecule is Nc1ccc(S(=O)(=O)N[C@@H]2c3ccccc3C[C@@H]2O)cc1. The van der Waals surface area contributed by atoms with Crippen molar-refractivity contribution in [1.82, 2.24) is 4.72 Å². The van der Waals surface area contributed by atoms with Gasteiger partial charge in [-0.25, -0.2) is 13.1 Å². The van der Waals surface area contributed by atoms with Gasteiger partial charge in [0.25, 0.3) is 0 Å². The molecule has 5 nitrogen and oxygen atoms in total. The molecule has 0 spiro atoms. The summed E-state index contributed by atoms with van der Waals surface area (Å²) in [5.74, 6) is 0. The number of nitrogens with two attached hydrogens (primary N) is 1. The van der Waals surface area contributed by atoms with Crippen molar-refractivity contribution in [2.24, 2.45) is 0 Å². The first-order valence-corrected chi connectivity index (χ1v) is 8.09. The van der Waals surface area contributed by atoms with E-state index in [1.165, 1.54) is 24.3 Å². The molecular weight excluding hydrogens is 288 g/mol. The maximum atomic E-state index is 12.4. The van der Waals surface area contributed by atoms with Crippen LogP contribution in [-0.4, -0.2) is 19.6 Å². The third-order valence-corrected chi connectivity index (χ3v) is 5.13. The summed E-state index contributed by atoms with van der Waals surface area (Å²) in [5.41, 5.74) is 7.85. The van der Waals surface area contributed by atoms with E-state index in [9.17, 15) is 13.5 Å². The van der Waals surface area contributed by atoms with Crippen molar-refractivity contribution >= 4 is 15.7 Å². The summed E-state index contributed by atoms with van der Waals surface area (Å²) in [4.78, 5) is 0.133. The second kappa shape index (κ2) is 5.14. The van der Waals surface area contributed by atoms with Crippen molar-refractivity contribution in [3.05, 3.63) is 59.7 Å². The Labute approximate surface area is 123 Å². The Bertz CT molecular complexity index is 757. The molecule has 0 aromatic heterocycles. The molecule has 0 saturated carbocycles. The fraction of sp³-hybridized carbons (Fsp3) is 0.200. The Kier molecular flexibility index (Phi) is 3.44. The quantitative estimate of drug-likeness (QED) is 0.743. The summed E-state index contributed by atoms with van der Waals surface area (Å²) in [6.07, 6.45) is -0.309. The minimum Gasteiger partial charge on any atom is -0.399 e. The maximum absolute atomic E-state index is 12.4. The number of sulfonamides is 1. The highest BCUT2D eigenvalue weighted by Gasteiger charge is 2.34. The third kappa shape index (κ3) is 2.65. The molecule has 3 rings (SSSR count). The Hall–Kier alpha value is -1.89. The normalized spacial score (nSPS) is 21.2. The number of nitrogens with one attached hydrogen (secondary N) is 1. The smallest absolute Gasteiger partial charge is 0.241 e. The molecule has 0 heterocycles. The number of fused-ring (bicyclic) bond motifs is 1. The lowest BCUT2D eigenvalue weighted by molar-refractivity contribution is 0.151. The molecule has 110 valence electrons. The molecule has 2 aromatic carbocycles. The Morgan fingerprint density at radius 2 is 1.76 bits per heavy atom. The van der Waals surface area contributed by atoms with Crippen molar-refractivity contribution in [3.63, 3.8) is 0 Å². The van der Waals surface area contributed by atoms with Crippen LogP contribution < -0.4 is 10.5 Å². The van der Waals surface area contributed by atoms with E-state index in [0.29, 0.717) is 12.1 Å². The van der Waals surface area contributed by atoms with Crippen LogP contribution in [0.25, 0.3) is 0 Å². The monoisotopic (exact) mass is 304 g/mol. The molecule has 2 atom stereocenters. The van der Waals surface area contributed by atoms with Gasteiger partial charge in [0.1, 0.15) is 0 Å². The predicted octanol–water partition coefficient (Wildman–Crippen LogP) is 1.21. The van der Waals surface area contributed by atoms with Crippen LogP contribution in [-0.2, 0) is 16.4 Å². The number of rotatable bonds is 3. The fourth-order valence-electron chi connectivity index (χ4n) is 2.60. The standard InChI is InChI=1S/C15H16N2O3S/c16-11-5-7-12(8-6-11)21(19,20)17-15-13-4-2-1-3-10(13)9-14(15)18/h1-8,14-15,17-18H,9,16H2/t14-,15+/m0/s1. The van der Waals surface area contributed by atoms with Gasteiger partial charge in [0.05, 0.1) is 17.0 Å². The van der Waals surface area contributed by atoms with E-state index in [0.717, 1.165) is 11.1 Å². The summed E-state index contributed by atoms with van der Waals surface area (Å²) < 4.78 is 27.4. The van der Waals surface area contributed by atoms with Crippen molar-refractivity contribution in [1.29, 1.82) is 0 Å². The largest absolute Gasteiger partial charge is 0.399 e. The van der Waals surface area contributed by atoms with E-state index in [1.54, 1.807) is 0 Å². The molecule has 21 heavy (non-hydrogen) atoms. The molecule has 0 amide bonds. The summed E-state index contributed by atoms with van der Waals surface area (Å²) >= 11 is 0. The van der Waals surface area contributed by atoms with Crippen LogP contribution in [0, 0.1) is 0 Å².